The van der Waals surface area contributed by atoms with Crippen LogP contribution >= 0.6 is 0 Å². The van der Waals surface area contributed by atoms with Gasteiger partial charge in [0.1, 0.15) is 11.6 Å². The van der Waals surface area contributed by atoms with Crippen molar-refractivity contribution in [3.8, 4) is 0 Å². The molecule has 5 heteroatoms. The van der Waals surface area contributed by atoms with Gasteiger partial charge in [0.15, 0.2) is 0 Å². The Kier molecular flexibility index (Phi) is 6.45. The molecule has 2 atom stereocenters. The Balaban J connectivity index is 1.99. The first kappa shape index (κ1) is 19.3. The van der Waals surface area contributed by atoms with E-state index in [0.29, 0.717) is 6.54 Å². The molecule has 0 radical (unpaired) electrons. The number of aryl methyl sites for hydroxylation is 1. The van der Waals surface area contributed by atoms with Gasteiger partial charge >= 0.3 is 12.1 Å². The molecule has 5 nitrogen and oxygen atoms in total. The van der Waals surface area contributed by atoms with Crippen molar-refractivity contribution in [1.82, 2.24) is 4.90 Å². The van der Waals surface area contributed by atoms with E-state index in [9.17, 15) is 14.7 Å². The lowest BCUT2D eigenvalue weighted by Gasteiger charge is -2.39. The van der Waals surface area contributed by atoms with Crippen molar-refractivity contribution in [2.24, 2.45) is 5.92 Å². The van der Waals surface area contributed by atoms with E-state index in [-0.39, 0.29) is 5.92 Å². The van der Waals surface area contributed by atoms with Crippen LogP contribution in [0.4, 0.5) is 4.79 Å². The number of rotatable bonds is 5. The van der Waals surface area contributed by atoms with Gasteiger partial charge in [-0.1, -0.05) is 30.3 Å². The summed E-state index contributed by atoms with van der Waals surface area (Å²) in [7, 11) is 0. The molecule has 1 aliphatic rings. The molecule has 1 aromatic rings. The van der Waals surface area contributed by atoms with Gasteiger partial charge in [0.2, 0.25) is 0 Å². The molecule has 138 valence electrons. The minimum atomic E-state index is -0.935. The number of carbonyl (C=O) groups excluding carboxylic acids is 1. The summed E-state index contributed by atoms with van der Waals surface area (Å²) in [6.07, 6.45) is 3.78. The number of likely N-dealkylation sites (tertiary alicyclic amines) is 1. The molecule has 1 aliphatic heterocycles. The second-order valence-corrected chi connectivity index (χ2v) is 7.74. The van der Waals surface area contributed by atoms with E-state index in [1.165, 1.54) is 10.5 Å². The number of carboxylic acid groups (broad SMARTS) is 1. The average molecular weight is 347 g/mol. The third-order valence-corrected chi connectivity index (χ3v) is 4.52. The van der Waals surface area contributed by atoms with Crippen LogP contribution in [-0.4, -0.2) is 40.3 Å². The van der Waals surface area contributed by atoms with Crippen molar-refractivity contribution in [3.05, 3.63) is 35.9 Å². The zero-order valence-electron chi connectivity index (χ0n) is 15.4. The third kappa shape index (κ3) is 5.76. The van der Waals surface area contributed by atoms with E-state index in [0.717, 1.165) is 32.1 Å². The van der Waals surface area contributed by atoms with Crippen molar-refractivity contribution in [3.63, 3.8) is 0 Å². The number of aliphatic carboxylic acids is 1. The number of amides is 1. The van der Waals surface area contributed by atoms with Gasteiger partial charge in [0.25, 0.3) is 0 Å². The predicted molar refractivity (Wildman–Crippen MR) is 96.5 cm³/mol. The third-order valence-electron chi connectivity index (χ3n) is 4.52. The number of nitrogens with zero attached hydrogens (tertiary/aromatic N) is 1. The zero-order chi connectivity index (χ0) is 18.4. The van der Waals surface area contributed by atoms with E-state index in [1.54, 1.807) is 20.8 Å². The SMILES string of the molecule is CC(C)(C)OC(=O)N1CCC[C@@H](CCCc2ccccc2)[C@H]1C(=O)O. The minimum absolute atomic E-state index is 0.0255. The lowest BCUT2D eigenvalue weighted by molar-refractivity contribution is -0.147. The molecule has 1 N–H and O–H groups in total. The first-order valence-electron chi connectivity index (χ1n) is 9.04. The van der Waals surface area contributed by atoms with Crippen LogP contribution in [0, 0.1) is 5.92 Å². The van der Waals surface area contributed by atoms with Crippen LogP contribution in [0.25, 0.3) is 0 Å². The highest BCUT2D eigenvalue weighted by Gasteiger charge is 2.40. The second-order valence-electron chi connectivity index (χ2n) is 7.74. The number of carbonyl (C=O) groups is 2. The van der Waals surface area contributed by atoms with Gasteiger partial charge in [0, 0.05) is 6.54 Å². The van der Waals surface area contributed by atoms with Gasteiger partial charge in [-0.05, 0) is 64.4 Å². The summed E-state index contributed by atoms with van der Waals surface area (Å²) in [4.78, 5) is 25.6. The van der Waals surface area contributed by atoms with Crippen molar-refractivity contribution >= 4 is 12.1 Å². The molecular weight excluding hydrogens is 318 g/mol. The molecule has 0 aromatic heterocycles. The van der Waals surface area contributed by atoms with Crippen LogP contribution in [0.2, 0.25) is 0 Å². The Labute approximate surface area is 150 Å². The maximum Gasteiger partial charge on any atom is 0.411 e. The molecule has 1 heterocycles. The fourth-order valence-electron chi connectivity index (χ4n) is 3.45. The minimum Gasteiger partial charge on any atom is -0.480 e. The molecule has 25 heavy (non-hydrogen) atoms. The molecule has 0 aliphatic carbocycles. The fourth-order valence-corrected chi connectivity index (χ4v) is 3.45. The molecule has 1 fully saturated rings. The highest BCUT2D eigenvalue weighted by molar-refractivity contribution is 5.80. The van der Waals surface area contributed by atoms with Gasteiger partial charge in [-0.25, -0.2) is 9.59 Å². The first-order valence-corrected chi connectivity index (χ1v) is 9.04. The van der Waals surface area contributed by atoms with E-state index in [2.05, 4.69) is 12.1 Å². The lowest BCUT2D eigenvalue weighted by Crippen LogP contribution is -2.53. The number of piperidine rings is 1. The molecule has 0 spiro atoms. The summed E-state index contributed by atoms with van der Waals surface area (Å²) >= 11 is 0. The van der Waals surface area contributed by atoms with E-state index in [1.807, 2.05) is 18.2 Å². The number of hydrogen-bond acceptors (Lipinski definition) is 3. The topological polar surface area (TPSA) is 66.8 Å². The zero-order valence-corrected chi connectivity index (χ0v) is 15.4. The van der Waals surface area contributed by atoms with Crippen LogP contribution in [0.5, 0.6) is 0 Å². The monoisotopic (exact) mass is 347 g/mol. The Bertz CT molecular complexity index is 579. The summed E-state index contributed by atoms with van der Waals surface area (Å²) in [6.45, 7) is 5.83. The molecular formula is C20H29NO4. The summed E-state index contributed by atoms with van der Waals surface area (Å²) in [5.41, 5.74) is 0.634. The van der Waals surface area contributed by atoms with Crippen molar-refractivity contribution in [2.45, 2.75) is 64.5 Å². The van der Waals surface area contributed by atoms with Crippen LogP contribution in [0.3, 0.4) is 0 Å². The summed E-state index contributed by atoms with van der Waals surface area (Å²) in [5, 5.41) is 9.69. The van der Waals surface area contributed by atoms with Crippen LogP contribution in [0.1, 0.15) is 52.0 Å². The number of benzene rings is 1. The summed E-state index contributed by atoms with van der Waals surface area (Å²) in [5.74, 6) is -0.960. The number of ether oxygens (including phenoxy) is 1. The average Bonchev–Trinajstić information content (AvgIpc) is 2.54. The van der Waals surface area contributed by atoms with Crippen LogP contribution in [0.15, 0.2) is 30.3 Å². The molecule has 1 amide bonds. The van der Waals surface area contributed by atoms with Crippen molar-refractivity contribution < 1.29 is 19.4 Å². The Hall–Kier alpha value is -2.04. The molecule has 0 saturated carbocycles. The van der Waals surface area contributed by atoms with Gasteiger partial charge in [0.05, 0.1) is 0 Å². The van der Waals surface area contributed by atoms with E-state index in [4.69, 9.17) is 4.74 Å². The Morgan fingerprint density at radius 2 is 1.92 bits per heavy atom. The van der Waals surface area contributed by atoms with Crippen molar-refractivity contribution in [1.29, 1.82) is 0 Å². The van der Waals surface area contributed by atoms with Crippen LogP contribution in [-0.2, 0) is 16.0 Å². The highest BCUT2D eigenvalue weighted by atomic mass is 16.6. The lowest BCUT2D eigenvalue weighted by atomic mass is 9.85. The maximum absolute atomic E-state index is 12.4. The fraction of sp³-hybridized carbons (Fsp3) is 0.600. The Morgan fingerprint density at radius 1 is 1.24 bits per heavy atom. The number of hydrogen-bond donors (Lipinski definition) is 1. The largest absolute Gasteiger partial charge is 0.480 e. The predicted octanol–water partition coefficient (Wildman–Crippen LogP) is 4.11. The molecule has 0 bridgehead atoms. The standard InChI is InChI=1S/C20H29NO4/c1-20(2,3)25-19(24)21-14-8-13-16(17(21)18(22)23)12-7-11-15-9-5-4-6-10-15/h4-6,9-10,16-17H,7-8,11-14H2,1-3H3,(H,22,23)/t16-,17+/m1/s1. The summed E-state index contributed by atoms with van der Waals surface area (Å²) in [6, 6.07) is 9.40. The molecule has 1 saturated heterocycles. The van der Waals surface area contributed by atoms with E-state index >= 15 is 0 Å². The van der Waals surface area contributed by atoms with Crippen molar-refractivity contribution in [2.75, 3.05) is 6.54 Å². The normalized spacial score (nSPS) is 21.0. The first-order chi connectivity index (χ1) is 11.8. The quantitative estimate of drug-likeness (QED) is 0.870. The van der Waals surface area contributed by atoms with Gasteiger partial charge in [-0.2, -0.15) is 0 Å². The van der Waals surface area contributed by atoms with Gasteiger partial charge in [-0.15, -0.1) is 0 Å². The highest BCUT2D eigenvalue weighted by Crippen LogP contribution is 2.29. The smallest absolute Gasteiger partial charge is 0.411 e. The molecule has 0 unspecified atom stereocenters. The second kappa shape index (κ2) is 8.37. The van der Waals surface area contributed by atoms with Crippen LogP contribution < -0.4 is 0 Å². The number of carboxylic acids is 1. The maximum atomic E-state index is 12.4. The Morgan fingerprint density at radius 3 is 2.52 bits per heavy atom. The molecule has 1 aromatic carbocycles. The van der Waals surface area contributed by atoms with Gasteiger partial charge < -0.3 is 9.84 Å². The van der Waals surface area contributed by atoms with E-state index < -0.39 is 23.7 Å². The van der Waals surface area contributed by atoms with Gasteiger partial charge in [-0.3, -0.25) is 4.90 Å². The molecule has 2 rings (SSSR count). The summed E-state index contributed by atoms with van der Waals surface area (Å²) < 4.78 is 5.40.